The first-order valence-corrected chi connectivity index (χ1v) is 9.10. The van der Waals surface area contributed by atoms with Crippen molar-refractivity contribution in [2.45, 2.75) is 44.8 Å². The zero-order valence-electron chi connectivity index (χ0n) is 15.0. The predicted octanol–water partition coefficient (Wildman–Crippen LogP) is 3.01. The first kappa shape index (κ1) is 15.6. The summed E-state index contributed by atoms with van der Waals surface area (Å²) in [6.07, 6.45) is 5.29. The van der Waals surface area contributed by atoms with Crippen molar-refractivity contribution in [2.75, 3.05) is 7.11 Å². The molecule has 2 aliphatic heterocycles. The van der Waals surface area contributed by atoms with Gasteiger partial charge >= 0.3 is 0 Å². The van der Waals surface area contributed by atoms with Crippen LogP contribution in [-0.4, -0.2) is 37.8 Å². The molecule has 3 aromatic rings. The van der Waals surface area contributed by atoms with E-state index in [2.05, 4.69) is 15.0 Å². The molecule has 6 nitrogen and oxygen atoms in total. The quantitative estimate of drug-likeness (QED) is 0.787. The first-order valence-electron chi connectivity index (χ1n) is 9.10. The van der Waals surface area contributed by atoms with Gasteiger partial charge in [-0.15, -0.1) is 0 Å². The average Bonchev–Trinajstić information content (AvgIpc) is 3.14. The van der Waals surface area contributed by atoms with Crippen LogP contribution in [0.1, 0.15) is 41.4 Å². The maximum Gasteiger partial charge on any atom is 0.155 e. The summed E-state index contributed by atoms with van der Waals surface area (Å²) in [7, 11) is 1.61. The molecule has 5 rings (SSSR count). The number of hydrogen-bond acceptors (Lipinski definition) is 5. The third kappa shape index (κ3) is 2.29. The number of methoxy groups -OCH3 is 1. The number of phenols is 1. The fourth-order valence-corrected chi connectivity index (χ4v) is 4.54. The maximum absolute atomic E-state index is 10.4. The first-order chi connectivity index (χ1) is 12.6. The van der Waals surface area contributed by atoms with Gasteiger partial charge in [-0.2, -0.15) is 5.10 Å². The van der Waals surface area contributed by atoms with E-state index in [1.54, 1.807) is 13.2 Å². The van der Waals surface area contributed by atoms with Crippen LogP contribution in [0.15, 0.2) is 30.5 Å². The summed E-state index contributed by atoms with van der Waals surface area (Å²) in [5.41, 5.74) is 5.45. The second-order valence-electron chi connectivity index (χ2n) is 7.33. The van der Waals surface area contributed by atoms with Crippen molar-refractivity contribution in [1.29, 1.82) is 0 Å². The van der Waals surface area contributed by atoms with E-state index in [4.69, 9.17) is 4.74 Å². The minimum Gasteiger partial charge on any atom is -0.507 e. The Balaban J connectivity index is 1.51. The van der Waals surface area contributed by atoms with Crippen LogP contribution in [0.5, 0.6) is 11.5 Å². The molecule has 0 aliphatic carbocycles. The molecule has 2 atom stereocenters. The predicted molar refractivity (Wildman–Crippen MR) is 97.4 cm³/mol. The highest BCUT2D eigenvalue weighted by Gasteiger charge is 2.41. The molecular weight excluding hydrogens is 328 g/mol. The van der Waals surface area contributed by atoms with Crippen LogP contribution >= 0.6 is 0 Å². The highest BCUT2D eigenvalue weighted by atomic mass is 16.5. The molecule has 0 unspecified atom stereocenters. The lowest BCUT2D eigenvalue weighted by atomic mass is 9.98. The number of rotatable bonds is 3. The van der Waals surface area contributed by atoms with Gasteiger partial charge in [0.2, 0.25) is 0 Å². The minimum absolute atomic E-state index is 0.297. The third-order valence-corrected chi connectivity index (χ3v) is 5.81. The van der Waals surface area contributed by atoms with E-state index in [1.807, 2.05) is 35.8 Å². The summed E-state index contributed by atoms with van der Waals surface area (Å²) in [6, 6.07) is 8.40. The van der Waals surface area contributed by atoms with Gasteiger partial charge in [-0.05, 0) is 25.8 Å². The number of aromatic nitrogens is 3. The van der Waals surface area contributed by atoms with Crippen molar-refractivity contribution in [3.8, 4) is 11.5 Å². The van der Waals surface area contributed by atoms with Gasteiger partial charge < -0.3 is 9.84 Å². The van der Waals surface area contributed by atoms with E-state index in [0.717, 1.165) is 42.7 Å². The molecule has 6 heteroatoms. The molecule has 0 saturated carbocycles. The number of benzene rings is 1. The molecule has 4 heterocycles. The number of hydrogen-bond donors (Lipinski definition) is 1. The zero-order valence-corrected chi connectivity index (χ0v) is 15.0. The van der Waals surface area contributed by atoms with Crippen LogP contribution in [0.3, 0.4) is 0 Å². The summed E-state index contributed by atoms with van der Waals surface area (Å²) in [5, 5.41) is 15.0. The highest BCUT2D eigenvalue weighted by molar-refractivity contribution is 5.45. The Morgan fingerprint density at radius 1 is 1.27 bits per heavy atom. The van der Waals surface area contributed by atoms with Gasteiger partial charge in [0.25, 0.3) is 0 Å². The highest BCUT2D eigenvalue weighted by Crippen LogP contribution is 2.44. The Morgan fingerprint density at radius 3 is 2.96 bits per heavy atom. The molecule has 1 N–H and O–H groups in total. The van der Waals surface area contributed by atoms with Gasteiger partial charge in [-0.25, -0.2) is 9.50 Å². The largest absolute Gasteiger partial charge is 0.507 e. The van der Waals surface area contributed by atoms with Crippen molar-refractivity contribution in [2.24, 2.45) is 0 Å². The Labute approximate surface area is 152 Å². The van der Waals surface area contributed by atoms with E-state index in [-0.39, 0.29) is 0 Å². The lowest BCUT2D eigenvalue weighted by molar-refractivity contribution is 0.163. The number of fused-ring (bicyclic) bond motifs is 6. The van der Waals surface area contributed by atoms with Crippen molar-refractivity contribution in [3.63, 3.8) is 0 Å². The van der Waals surface area contributed by atoms with E-state index in [0.29, 0.717) is 23.6 Å². The van der Waals surface area contributed by atoms with Gasteiger partial charge in [-0.1, -0.05) is 6.07 Å². The minimum atomic E-state index is 0.297. The molecule has 2 bridgehead atoms. The molecule has 2 aliphatic rings. The van der Waals surface area contributed by atoms with E-state index in [1.165, 1.54) is 11.3 Å². The molecule has 1 fully saturated rings. The molecule has 0 radical (unpaired) electrons. The number of aromatic hydroxyl groups is 1. The molecule has 134 valence electrons. The van der Waals surface area contributed by atoms with E-state index >= 15 is 0 Å². The fraction of sp³-hybridized carbons (Fsp3) is 0.400. The van der Waals surface area contributed by atoms with Gasteiger partial charge in [0, 0.05) is 54.5 Å². The van der Waals surface area contributed by atoms with Crippen molar-refractivity contribution in [3.05, 3.63) is 53.0 Å². The number of nitrogens with zero attached hydrogens (tertiary/aromatic N) is 4. The summed E-state index contributed by atoms with van der Waals surface area (Å²) in [6.45, 7) is 2.75. The molecule has 1 aromatic carbocycles. The summed E-state index contributed by atoms with van der Waals surface area (Å²) in [4.78, 5) is 7.13. The lowest BCUT2D eigenvalue weighted by Gasteiger charge is -2.36. The smallest absolute Gasteiger partial charge is 0.155 e. The van der Waals surface area contributed by atoms with Crippen molar-refractivity contribution >= 4 is 5.65 Å². The monoisotopic (exact) mass is 350 g/mol. The van der Waals surface area contributed by atoms with Crippen molar-refractivity contribution < 1.29 is 9.84 Å². The van der Waals surface area contributed by atoms with Crippen LogP contribution in [0.2, 0.25) is 0 Å². The van der Waals surface area contributed by atoms with Crippen LogP contribution in [0, 0.1) is 6.92 Å². The second kappa shape index (κ2) is 5.71. The number of phenolic OH excluding ortho intramolecular Hbond substituents is 1. The third-order valence-electron chi connectivity index (χ3n) is 5.81. The Morgan fingerprint density at radius 2 is 2.15 bits per heavy atom. The van der Waals surface area contributed by atoms with Crippen LogP contribution in [0.4, 0.5) is 0 Å². The Kier molecular flexibility index (Phi) is 3.43. The van der Waals surface area contributed by atoms with Gasteiger partial charge in [0.1, 0.15) is 11.5 Å². The van der Waals surface area contributed by atoms with Gasteiger partial charge in [-0.3, -0.25) is 4.90 Å². The fourth-order valence-electron chi connectivity index (χ4n) is 4.54. The average molecular weight is 350 g/mol. The SMILES string of the molecule is COc1ccc(CN2[C@@H]3CC[C@H]2c2cnc4cc(C)nn4c2C3)c(O)c1. The molecular formula is C20H22N4O2. The molecule has 0 spiro atoms. The van der Waals surface area contributed by atoms with Gasteiger partial charge in [0.15, 0.2) is 5.65 Å². The summed E-state index contributed by atoms with van der Waals surface area (Å²) < 4.78 is 7.22. The molecule has 26 heavy (non-hydrogen) atoms. The normalized spacial score (nSPS) is 21.9. The maximum atomic E-state index is 10.4. The van der Waals surface area contributed by atoms with Crippen LogP contribution < -0.4 is 4.74 Å². The van der Waals surface area contributed by atoms with E-state index in [9.17, 15) is 5.11 Å². The number of ether oxygens (including phenoxy) is 1. The van der Waals surface area contributed by atoms with Crippen LogP contribution in [0.25, 0.3) is 5.65 Å². The Hall–Kier alpha value is -2.60. The molecule has 0 amide bonds. The summed E-state index contributed by atoms with van der Waals surface area (Å²) >= 11 is 0. The second-order valence-corrected chi connectivity index (χ2v) is 7.33. The topological polar surface area (TPSA) is 62.9 Å². The zero-order chi connectivity index (χ0) is 17.8. The van der Waals surface area contributed by atoms with E-state index < -0.39 is 0 Å². The van der Waals surface area contributed by atoms with Crippen LogP contribution in [-0.2, 0) is 13.0 Å². The number of aryl methyl sites for hydroxylation is 1. The molecule has 1 saturated heterocycles. The standard InChI is InChI=1S/C20H22N4O2/c1-12-7-20-21-10-16-17-6-4-14(8-18(16)24(20)22-12)23(17)11-13-3-5-15(26-2)9-19(13)25/h3,5,7,9-10,14,17,25H,4,6,8,11H2,1-2H3/t14-,17+/m1/s1. The summed E-state index contributed by atoms with van der Waals surface area (Å²) in [5.74, 6) is 0.977. The molecule has 2 aromatic heterocycles. The van der Waals surface area contributed by atoms with Gasteiger partial charge in [0.05, 0.1) is 18.5 Å². The van der Waals surface area contributed by atoms with Crippen molar-refractivity contribution in [1.82, 2.24) is 19.5 Å². The lowest BCUT2D eigenvalue weighted by Crippen LogP contribution is -2.38. The Bertz CT molecular complexity index is 997.